The van der Waals surface area contributed by atoms with Gasteiger partial charge in [0.05, 0.1) is 16.8 Å². The van der Waals surface area contributed by atoms with E-state index in [9.17, 15) is 19.5 Å². The molecule has 2 aromatic rings. The second-order valence-electron chi connectivity index (χ2n) is 8.27. The third kappa shape index (κ3) is 4.60. The van der Waals surface area contributed by atoms with Gasteiger partial charge in [-0.2, -0.15) is 0 Å². The molecule has 2 N–H and O–H groups in total. The number of rotatable bonds is 10. The summed E-state index contributed by atoms with van der Waals surface area (Å²) in [5.41, 5.74) is 1.91. The maximum Gasteiger partial charge on any atom is 0.264 e. The van der Waals surface area contributed by atoms with E-state index in [1.807, 2.05) is 20.8 Å². The van der Waals surface area contributed by atoms with Gasteiger partial charge in [-0.05, 0) is 49.8 Å². The van der Waals surface area contributed by atoms with Crippen molar-refractivity contribution in [2.45, 2.75) is 78.7 Å². The molecule has 1 aromatic carbocycles. The van der Waals surface area contributed by atoms with Gasteiger partial charge >= 0.3 is 0 Å². The lowest BCUT2D eigenvalue weighted by Gasteiger charge is -2.23. The zero-order chi connectivity index (χ0) is 24.1. The molecular formula is C25H32N4O4. The van der Waals surface area contributed by atoms with Crippen molar-refractivity contribution in [1.29, 1.82) is 0 Å². The largest absolute Gasteiger partial charge is 0.493 e. The highest BCUT2D eigenvalue weighted by Gasteiger charge is 2.40. The van der Waals surface area contributed by atoms with E-state index in [1.54, 1.807) is 18.2 Å². The Morgan fingerprint density at radius 2 is 1.70 bits per heavy atom. The van der Waals surface area contributed by atoms with Gasteiger partial charge < -0.3 is 5.11 Å². The lowest BCUT2D eigenvalue weighted by molar-refractivity contribution is 0.0576. The molecule has 0 radical (unpaired) electrons. The second kappa shape index (κ2) is 10.6. The maximum atomic E-state index is 13.1. The highest BCUT2D eigenvalue weighted by molar-refractivity contribution is 6.23. The van der Waals surface area contributed by atoms with Gasteiger partial charge in [-0.25, -0.2) is 0 Å². The van der Waals surface area contributed by atoms with E-state index in [0.717, 1.165) is 19.3 Å². The number of pyridine rings is 1. The van der Waals surface area contributed by atoms with Crippen LogP contribution in [0.1, 0.15) is 91.6 Å². The average Bonchev–Trinajstić information content (AvgIpc) is 3.06. The van der Waals surface area contributed by atoms with Gasteiger partial charge in [-0.15, -0.1) is 10.2 Å². The van der Waals surface area contributed by atoms with Crippen LogP contribution in [0.2, 0.25) is 0 Å². The molecule has 1 aliphatic heterocycles. The Morgan fingerprint density at radius 1 is 0.970 bits per heavy atom. The van der Waals surface area contributed by atoms with Crippen LogP contribution in [0.15, 0.2) is 33.2 Å². The number of carbonyl (C=O) groups is 2. The molecule has 0 saturated heterocycles. The van der Waals surface area contributed by atoms with E-state index in [-0.39, 0.29) is 46.2 Å². The predicted octanol–water partition coefficient (Wildman–Crippen LogP) is 5.58. The summed E-state index contributed by atoms with van der Waals surface area (Å²) in [7, 11) is 0. The number of carbonyl (C=O) groups excluding carboxylic acids is 2. The van der Waals surface area contributed by atoms with Crippen molar-refractivity contribution in [2.75, 3.05) is 0 Å². The molecule has 1 aliphatic rings. The zero-order valence-electron chi connectivity index (χ0n) is 19.8. The molecular weight excluding hydrogens is 420 g/mol. The van der Waals surface area contributed by atoms with Crippen LogP contribution in [0, 0.1) is 0 Å². The number of fused-ring (bicyclic) bond motifs is 1. The molecule has 0 fully saturated rings. The molecule has 0 unspecified atom stereocenters. The summed E-state index contributed by atoms with van der Waals surface area (Å²) in [4.78, 5) is 42.3. The Labute approximate surface area is 193 Å². The number of amides is 2. The van der Waals surface area contributed by atoms with E-state index >= 15 is 0 Å². The first-order chi connectivity index (χ1) is 15.9. The number of benzene rings is 1. The number of nitrogens with zero attached hydrogens (tertiary/aromatic N) is 3. The van der Waals surface area contributed by atoms with Crippen LogP contribution in [-0.2, 0) is 12.8 Å². The number of azo groups is 1. The number of imide groups is 1. The van der Waals surface area contributed by atoms with Crippen LogP contribution < -0.4 is 5.56 Å². The first-order valence-electron chi connectivity index (χ1n) is 11.8. The number of hydrogen-bond acceptors (Lipinski definition) is 6. The molecule has 33 heavy (non-hydrogen) atoms. The smallest absolute Gasteiger partial charge is 0.264 e. The third-order valence-corrected chi connectivity index (χ3v) is 6.25. The SMILES string of the molecule is CCCCCc1c(CC)c(N=Nc2cccc3c2C(=O)N(C(CC)CC)C3=O)c(O)[nH]c1=O. The Kier molecular flexibility index (Phi) is 7.79. The number of aromatic hydroxyl groups is 1. The summed E-state index contributed by atoms with van der Waals surface area (Å²) in [5.74, 6) is -1.05. The first kappa shape index (κ1) is 24.4. The van der Waals surface area contributed by atoms with E-state index in [0.29, 0.717) is 42.4 Å². The highest BCUT2D eigenvalue weighted by atomic mass is 16.3. The topological polar surface area (TPSA) is 115 Å². The van der Waals surface area contributed by atoms with Crippen molar-refractivity contribution in [3.63, 3.8) is 0 Å². The predicted molar refractivity (Wildman–Crippen MR) is 127 cm³/mol. The van der Waals surface area contributed by atoms with Crippen LogP contribution in [0.3, 0.4) is 0 Å². The van der Waals surface area contributed by atoms with Crippen molar-refractivity contribution in [1.82, 2.24) is 9.88 Å². The molecule has 0 aliphatic carbocycles. The van der Waals surface area contributed by atoms with Crippen LogP contribution in [0.4, 0.5) is 11.4 Å². The van der Waals surface area contributed by atoms with Crippen LogP contribution in [0.25, 0.3) is 0 Å². The van der Waals surface area contributed by atoms with Gasteiger partial charge in [0.15, 0.2) is 0 Å². The minimum atomic E-state index is -0.375. The average molecular weight is 453 g/mol. The van der Waals surface area contributed by atoms with E-state index in [4.69, 9.17) is 0 Å². The van der Waals surface area contributed by atoms with Gasteiger partial charge in [-0.1, -0.05) is 46.6 Å². The standard InChI is InChI=1S/C25H32N4O4/c1-5-9-10-12-17-16(8-4)21(23(31)26-22(17)30)28-27-19-14-11-13-18-20(19)25(33)29(24(18)32)15(6-2)7-3/h11,13-15H,5-10,12H2,1-4H3,(H2,26,30,31). The number of nitrogens with one attached hydrogen (secondary N) is 1. The van der Waals surface area contributed by atoms with Gasteiger partial charge in [-0.3, -0.25) is 24.3 Å². The molecule has 3 rings (SSSR count). The molecule has 0 bridgehead atoms. The Bertz CT molecular complexity index is 1130. The minimum Gasteiger partial charge on any atom is -0.493 e. The molecule has 176 valence electrons. The molecule has 1 aromatic heterocycles. The van der Waals surface area contributed by atoms with Crippen molar-refractivity contribution >= 4 is 23.2 Å². The number of hydrogen-bond donors (Lipinski definition) is 2. The second-order valence-corrected chi connectivity index (χ2v) is 8.27. The highest BCUT2D eigenvalue weighted by Crippen LogP contribution is 2.36. The lowest BCUT2D eigenvalue weighted by Crippen LogP contribution is -2.39. The fourth-order valence-corrected chi connectivity index (χ4v) is 4.43. The number of aromatic amines is 1. The quantitative estimate of drug-likeness (QED) is 0.278. The molecule has 0 spiro atoms. The van der Waals surface area contributed by atoms with Gasteiger partial charge in [0.1, 0.15) is 5.69 Å². The van der Waals surface area contributed by atoms with Gasteiger partial charge in [0.25, 0.3) is 17.4 Å². The normalized spacial score (nSPS) is 13.5. The third-order valence-electron chi connectivity index (χ3n) is 6.25. The van der Waals surface area contributed by atoms with E-state index in [1.165, 1.54) is 4.90 Å². The zero-order valence-corrected chi connectivity index (χ0v) is 19.8. The van der Waals surface area contributed by atoms with Crippen LogP contribution in [-0.4, -0.2) is 32.8 Å². The van der Waals surface area contributed by atoms with Crippen molar-refractivity contribution < 1.29 is 14.7 Å². The molecule has 8 heteroatoms. The maximum absolute atomic E-state index is 13.1. The number of aromatic nitrogens is 1. The summed E-state index contributed by atoms with van der Waals surface area (Å²) in [6.07, 6.45) is 5.33. The summed E-state index contributed by atoms with van der Waals surface area (Å²) < 4.78 is 0. The Hall–Kier alpha value is -3.29. The van der Waals surface area contributed by atoms with Crippen LogP contribution in [0.5, 0.6) is 5.88 Å². The van der Waals surface area contributed by atoms with Crippen molar-refractivity contribution in [2.24, 2.45) is 10.2 Å². The summed E-state index contributed by atoms with van der Waals surface area (Å²) >= 11 is 0. The minimum absolute atomic E-state index is 0.178. The Balaban J connectivity index is 2.04. The fourth-order valence-electron chi connectivity index (χ4n) is 4.43. The lowest BCUT2D eigenvalue weighted by atomic mass is 10.00. The number of H-pyrrole nitrogens is 1. The summed E-state index contributed by atoms with van der Waals surface area (Å²) in [6.45, 7) is 7.88. The monoisotopic (exact) mass is 452 g/mol. The van der Waals surface area contributed by atoms with E-state index in [2.05, 4.69) is 22.1 Å². The summed E-state index contributed by atoms with van der Waals surface area (Å²) in [5, 5.41) is 18.9. The van der Waals surface area contributed by atoms with Crippen LogP contribution >= 0.6 is 0 Å². The molecule has 8 nitrogen and oxygen atoms in total. The molecule has 0 saturated carbocycles. The number of unbranched alkanes of at least 4 members (excludes halogenated alkanes) is 2. The van der Waals surface area contributed by atoms with E-state index < -0.39 is 0 Å². The van der Waals surface area contributed by atoms with Gasteiger partial charge in [0.2, 0.25) is 5.88 Å². The molecule has 2 heterocycles. The summed E-state index contributed by atoms with van der Waals surface area (Å²) in [6, 6.07) is 4.74. The molecule has 2 amide bonds. The van der Waals surface area contributed by atoms with Crippen molar-refractivity contribution in [3.8, 4) is 5.88 Å². The molecule has 0 atom stereocenters. The van der Waals surface area contributed by atoms with Gasteiger partial charge in [0, 0.05) is 11.6 Å². The Morgan fingerprint density at radius 3 is 2.33 bits per heavy atom. The first-order valence-corrected chi connectivity index (χ1v) is 11.8. The fraction of sp³-hybridized carbons (Fsp3) is 0.480. The van der Waals surface area contributed by atoms with Crippen molar-refractivity contribution in [3.05, 3.63) is 50.8 Å².